The van der Waals surface area contributed by atoms with Gasteiger partial charge in [-0.15, -0.1) is 0 Å². The van der Waals surface area contributed by atoms with Gasteiger partial charge >= 0.3 is 0 Å². The first-order chi connectivity index (χ1) is 10.2. The first-order valence-corrected chi connectivity index (χ1v) is 8.92. The second kappa shape index (κ2) is 6.44. The predicted octanol–water partition coefficient (Wildman–Crippen LogP) is 4.37. The lowest BCUT2D eigenvalue weighted by Crippen LogP contribution is -2.15. The Morgan fingerprint density at radius 1 is 1.14 bits per heavy atom. The van der Waals surface area contributed by atoms with Gasteiger partial charge in [-0.05, 0) is 49.6 Å². The van der Waals surface area contributed by atoms with Gasteiger partial charge in [0, 0.05) is 16.9 Å². The Bertz CT molecular complexity index is 821. The summed E-state index contributed by atoms with van der Waals surface area (Å²) in [6, 6.07) is 4.60. The third-order valence-electron chi connectivity index (χ3n) is 3.25. The fraction of sp³-hybridized carbons (Fsp3) is 0.267. The zero-order valence-corrected chi connectivity index (χ0v) is 14.8. The summed E-state index contributed by atoms with van der Waals surface area (Å²) in [5.74, 6) is 0. The molecule has 4 nitrogen and oxygen atoms in total. The molecule has 22 heavy (non-hydrogen) atoms. The second-order valence-electron chi connectivity index (χ2n) is 4.97. The van der Waals surface area contributed by atoms with Crippen LogP contribution < -0.4 is 4.72 Å². The SMILES string of the molecule is CCc1cnc(C)cc1NS(=O)(=O)c1cc(C)c(Cl)cc1Cl. The molecule has 0 unspecified atom stereocenters. The standard InChI is InChI=1S/C15H16Cl2N2O2S/c1-4-11-8-18-10(3)6-14(11)19-22(20,21)15-5-9(2)12(16)7-13(15)17/h5-8H,4H2,1-3H3,(H,18,19). The summed E-state index contributed by atoms with van der Waals surface area (Å²) >= 11 is 12.0. The average Bonchev–Trinajstić information content (AvgIpc) is 2.42. The van der Waals surface area contributed by atoms with Crippen molar-refractivity contribution in [3.05, 3.63) is 51.3 Å². The molecule has 0 saturated heterocycles. The molecular formula is C15H16Cl2N2O2S. The van der Waals surface area contributed by atoms with E-state index in [4.69, 9.17) is 23.2 Å². The van der Waals surface area contributed by atoms with E-state index in [1.54, 1.807) is 26.1 Å². The number of hydrogen-bond acceptors (Lipinski definition) is 3. The molecule has 0 spiro atoms. The summed E-state index contributed by atoms with van der Waals surface area (Å²) in [5.41, 5.74) is 2.70. The molecule has 7 heteroatoms. The van der Waals surface area contributed by atoms with Gasteiger partial charge in [0.1, 0.15) is 4.90 Å². The van der Waals surface area contributed by atoms with Gasteiger partial charge in [-0.25, -0.2) is 8.42 Å². The monoisotopic (exact) mass is 358 g/mol. The highest BCUT2D eigenvalue weighted by molar-refractivity contribution is 7.92. The summed E-state index contributed by atoms with van der Waals surface area (Å²) < 4.78 is 27.8. The summed E-state index contributed by atoms with van der Waals surface area (Å²) in [4.78, 5) is 4.19. The molecule has 0 aliphatic rings. The fourth-order valence-corrected chi connectivity index (χ4v) is 3.93. The van der Waals surface area contributed by atoms with E-state index < -0.39 is 10.0 Å². The highest BCUT2D eigenvalue weighted by Gasteiger charge is 2.20. The van der Waals surface area contributed by atoms with E-state index in [1.165, 1.54) is 12.1 Å². The molecule has 0 fully saturated rings. The topological polar surface area (TPSA) is 59.1 Å². The molecule has 0 aliphatic carbocycles. The third-order valence-corrected chi connectivity index (χ3v) is 5.49. The van der Waals surface area contributed by atoms with Gasteiger partial charge in [0.05, 0.1) is 10.7 Å². The zero-order valence-electron chi connectivity index (χ0n) is 12.4. The fourth-order valence-electron chi connectivity index (χ4n) is 2.00. The Labute approximate surface area is 140 Å². The lowest BCUT2D eigenvalue weighted by Gasteiger charge is -2.14. The maximum Gasteiger partial charge on any atom is 0.263 e. The van der Waals surface area contributed by atoms with Gasteiger partial charge in [0.15, 0.2) is 0 Å². The number of nitrogens with one attached hydrogen (secondary N) is 1. The number of halogens is 2. The van der Waals surface area contributed by atoms with Crippen molar-refractivity contribution in [1.29, 1.82) is 0 Å². The lowest BCUT2D eigenvalue weighted by atomic mass is 10.2. The van der Waals surface area contributed by atoms with Crippen LogP contribution >= 0.6 is 23.2 Å². The molecule has 0 radical (unpaired) electrons. The van der Waals surface area contributed by atoms with E-state index in [9.17, 15) is 8.42 Å². The number of aromatic nitrogens is 1. The highest BCUT2D eigenvalue weighted by Crippen LogP contribution is 2.30. The number of aryl methyl sites for hydroxylation is 3. The Kier molecular flexibility index (Phi) is 5.00. The molecule has 0 saturated carbocycles. The zero-order chi connectivity index (χ0) is 16.5. The Morgan fingerprint density at radius 3 is 2.45 bits per heavy atom. The average molecular weight is 359 g/mol. The van der Waals surface area contributed by atoms with Crippen molar-refractivity contribution in [3.8, 4) is 0 Å². The molecule has 1 aromatic carbocycles. The van der Waals surface area contributed by atoms with Crippen LogP contribution in [0.15, 0.2) is 29.3 Å². The largest absolute Gasteiger partial charge is 0.279 e. The van der Waals surface area contributed by atoms with Crippen molar-refractivity contribution in [1.82, 2.24) is 4.98 Å². The van der Waals surface area contributed by atoms with E-state index in [-0.39, 0.29) is 9.92 Å². The van der Waals surface area contributed by atoms with Crippen LogP contribution in [-0.4, -0.2) is 13.4 Å². The van der Waals surface area contributed by atoms with Crippen molar-refractivity contribution >= 4 is 38.9 Å². The summed E-state index contributed by atoms with van der Waals surface area (Å²) in [7, 11) is -3.80. The first kappa shape index (κ1) is 17.1. The molecule has 0 atom stereocenters. The lowest BCUT2D eigenvalue weighted by molar-refractivity contribution is 0.601. The Morgan fingerprint density at radius 2 is 1.82 bits per heavy atom. The highest BCUT2D eigenvalue weighted by atomic mass is 35.5. The van der Waals surface area contributed by atoms with Crippen LogP contribution in [0.4, 0.5) is 5.69 Å². The van der Waals surface area contributed by atoms with E-state index in [1.807, 2.05) is 6.92 Å². The quantitative estimate of drug-likeness (QED) is 0.882. The van der Waals surface area contributed by atoms with Crippen LogP contribution in [0.5, 0.6) is 0 Å². The Hall–Kier alpha value is -1.30. The molecule has 0 amide bonds. The Balaban J connectivity index is 2.49. The maximum absolute atomic E-state index is 12.6. The smallest absolute Gasteiger partial charge is 0.263 e. The van der Waals surface area contributed by atoms with Crippen LogP contribution in [0.3, 0.4) is 0 Å². The molecule has 0 aliphatic heterocycles. The van der Waals surface area contributed by atoms with Gasteiger partial charge in [-0.1, -0.05) is 30.1 Å². The molecular weight excluding hydrogens is 343 g/mol. The molecule has 1 N–H and O–H groups in total. The van der Waals surface area contributed by atoms with Crippen LogP contribution in [0.2, 0.25) is 10.0 Å². The van der Waals surface area contributed by atoms with Crippen molar-refractivity contribution in [2.75, 3.05) is 4.72 Å². The van der Waals surface area contributed by atoms with Crippen LogP contribution in [0.1, 0.15) is 23.7 Å². The second-order valence-corrected chi connectivity index (χ2v) is 7.44. The third kappa shape index (κ3) is 3.54. The molecule has 2 rings (SSSR count). The normalized spacial score (nSPS) is 11.5. The van der Waals surface area contributed by atoms with E-state index in [0.717, 1.165) is 11.3 Å². The van der Waals surface area contributed by atoms with E-state index in [0.29, 0.717) is 22.7 Å². The van der Waals surface area contributed by atoms with Gasteiger partial charge < -0.3 is 0 Å². The van der Waals surface area contributed by atoms with Crippen molar-refractivity contribution in [2.24, 2.45) is 0 Å². The number of anilines is 1. The number of sulfonamides is 1. The van der Waals surface area contributed by atoms with Crippen LogP contribution in [0.25, 0.3) is 0 Å². The van der Waals surface area contributed by atoms with E-state index in [2.05, 4.69) is 9.71 Å². The van der Waals surface area contributed by atoms with Gasteiger partial charge in [0.25, 0.3) is 10.0 Å². The van der Waals surface area contributed by atoms with Gasteiger partial charge in [0.2, 0.25) is 0 Å². The maximum atomic E-state index is 12.6. The first-order valence-electron chi connectivity index (χ1n) is 6.68. The van der Waals surface area contributed by atoms with Gasteiger partial charge in [-0.2, -0.15) is 0 Å². The molecule has 1 heterocycles. The van der Waals surface area contributed by atoms with Crippen LogP contribution in [0, 0.1) is 13.8 Å². The predicted molar refractivity (Wildman–Crippen MR) is 90.4 cm³/mol. The molecule has 2 aromatic rings. The summed E-state index contributed by atoms with van der Waals surface area (Å²) in [6.45, 7) is 5.46. The summed E-state index contributed by atoms with van der Waals surface area (Å²) in [6.07, 6.45) is 2.33. The number of benzene rings is 1. The molecule has 1 aromatic heterocycles. The van der Waals surface area contributed by atoms with Gasteiger partial charge in [-0.3, -0.25) is 9.71 Å². The number of hydrogen-bond donors (Lipinski definition) is 1. The van der Waals surface area contributed by atoms with Crippen molar-refractivity contribution < 1.29 is 8.42 Å². The van der Waals surface area contributed by atoms with Crippen LogP contribution in [-0.2, 0) is 16.4 Å². The van der Waals surface area contributed by atoms with Crippen molar-refractivity contribution in [2.45, 2.75) is 32.1 Å². The minimum atomic E-state index is -3.80. The minimum absolute atomic E-state index is 0.00702. The van der Waals surface area contributed by atoms with Crippen molar-refractivity contribution in [3.63, 3.8) is 0 Å². The molecule has 0 bridgehead atoms. The minimum Gasteiger partial charge on any atom is -0.279 e. The number of pyridine rings is 1. The number of rotatable bonds is 4. The molecule has 118 valence electrons. The number of nitrogens with zero attached hydrogens (tertiary/aromatic N) is 1. The van der Waals surface area contributed by atoms with E-state index >= 15 is 0 Å². The summed E-state index contributed by atoms with van der Waals surface area (Å²) in [5, 5.41) is 0.518.